The molecule has 0 bridgehead atoms. The van der Waals surface area contributed by atoms with Crippen LogP contribution in [0.3, 0.4) is 0 Å². The van der Waals surface area contributed by atoms with Crippen LogP contribution in [0.5, 0.6) is 5.75 Å². The highest BCUT2D eigenvalue weighted by molar-refractivity contribution is 6.58. The minimum Gasteiger partial charge on any atom is -0.491 e. The Bertz CT molecular complexity index is 1630. The highest BCUT2D eigenvalue weighted by Gasteiger charge is 2.77. The van der Waals surface area contributed by atoms with Gasteiger partial charge in [-0.2, -0.15) is 0 Å². The lowest BCUT2D eigenvalue weighted by Crippen LogP contribution is -2.60. The molecule has 0 spiro atoms. The molecule has 0 aromatic heterocycles. The summed E-state index contributed by atoms with van der Waals surface area (Å²) in [5, 5.41) is 11.3. The molecule has 4 amide bonds. The third kappa shape index (κ3) is 3.83. The molecule has 8 nitrogen and oxygen atoms in total. The van der Waals surface area contributed by atoms with Gasteiger partial charge in [-0.1, -0.05) is 23.8 Å². The van der Waals surface area contributed by atoms with E-state index in [-0.39, 0.29) is 30.1 Å². The highest BCUT2D eigenvalue weighted by atomic mass is 35.5. The summed E-state index contributed by atoms with van der Waals surface area (Å²) in [6.45, 7) is -0.331. The Morgan fingerprint density at radius 3 is 2.09 bits per heavy atom. The second-order valence-electron chi connectivity index (χ2n) is 10.7. The van der Waals surface area contributed by atoms with Crippen molar-refractivity contribution in [3.8, 4) is 5.75 Å². The minimum absolute atomic E-state index is 0.0453. The number of hydrogen-bond donors (Lipinski definition) is 2. The molecule has 4 aliphatic rings. The van der Waals surface area contributed by atoms with E-state index in [0.717, 1.165) is 0 Å². The van der Waals surface area contributed by atoms with Gasteiger partial charge in [0.05, 0.1) is 18.4 Å². The number of aliphatic hydroxyl groups excluding tert-OH is 1. The van der Waals surface area contributed by atoms with Gasteiger partial charge in [-0.3, -0.25) is 24.5 Å². The minimum atomic E-state index is -2.59. The Labute approximate surface area is 249 Å². The lowest BCUT2D eigenvalue weighted by Gasteiger charge is -2.50. The topological polar surface area (TPSA) is 113 Å². The van der Waals surface area contributed by atoms with Gasteiger partial charge in [-0.05, 0) is 36.5 Å². The highest BCUT2D eigenvalue weighted by Crippen LogP contribution is 2.65. The van der Waals surface area contributed by atoms with E-state index in [0.29, 0.717) is 11.3 Å². The second kappa shape index (κ2) is 10.00. The van der Waals surface area contributed by atoms with Gasteiger partial charge in [-0.25, -0.2) is 26.9 Å². The van der Waals surface area contributed by atoms with Gasteiger partial charge >= 0.3 is 0 Å². The maximum absolute atomic E-state index is 15.0. The Hall–Kier alpha value is -3.55. The average Bonchev–Trinajstić information content (AvgIpc) is 3.36. The number of anilines is 1. The number of benzene rings is 2. The molecule has 6 unspecified atom stereocenters. The Balaban J connectivity index is 1.57. The molecule has 2 heterocycles. The molecular weight excluding hydrogens is 626 g/mol. The van der Waals surface area contributed by atoms with Crippen LogP contribution in [0.15, 0.2) is 35.9 Å². The van der Waals surface area contributed by atoms with Crippen LogP contribution in [0.4, 0.5) is 27.6 Å². The van der Waals surface area contributed by atoms with E-state index in [9.17, 15) is 41.1 Å². The fourth-order valence-electron chi connectivity index (χ4n) is 6.77. The van der Waals surface area contributed by atoms with E-state index in [1.807, 2.05) is 0 Å². The lowest BCUT2D eigenvalue weighted by atomic mass is 9.56. The molecule has 15 heteroatoms. The molecular formula is C28H19Cl2F5N2O6. The number of alkyl halides is 2. The zero-order valence-corrected chi connectivity index (χ0v) is 23.1. The molecule has 226 valence electrons. The number of halogens is 7. The summed E-state index contributed by atoms with van der Waals surface area (Å²) in [6.07, 6.45) is 1.06. The van der Waals surface area contributed by atoms with Crippen LogP contribution in [0.1, 0.15) is 24.3 Å². The normalized spacial score (nSPS) is 31.4. The van der Waals surface area contributed by atoms with Gasteiger partial charge in [0.1, 0.15) is 18.0 Å². The molecule has 6 rings (SSSR count). The number of imide groups is 2. The summed E-state index contributed by atoms with van der Waals surface area (Å²) in [4.78, 5) is 48.1. The van der Waals surface area contributed by atoms with Gasteiger partial charge in [0.15, 0.2) is 33.0 Å². The van der Waals surface area contributed by atoms with Crippen molar-refractivity contribution in [3.63, 3.8) is 0 Å². The maximum Gasteiger partial charge on any atom is 0.258 e. The number of aliphatic hydroxyl groups is 1. The Morgan fingerprint density at radius 2 is 1.49 bits per heavy atom. The van der Waals surface area contributed by atoms with Crippen LogP contribution in [0.2, 0.25) is 0 Å². The monoisotopic (exact) mass is 644 g/mol. The molecule has 6 atom stereocenters. The van der Waals surface area contributed by atoms with Crippen LogP contribution >= 0.6 is 23.2 Å². The first-order chi connectivity index (χ1) is 20.3. The molecule has 1 saturated carbocycles. The van der Waals surface area contributed by atoms with Crippen molar-refractivity contribution in [2.24, 2.45) is 17.8 Å². The predicted molar refractivity (Wildman–Crippen MR) is 139 cm³/mol. The van der Waals surface area contributed by atoms with E-state index in [1.165, 1.54) is 24.3 Å². The number of nitrogens with zero attached hydrogens (tertiary/aromatic N) is 1. The maximum atomic E-state index is 15.0. The third-order valence-corrected chi connectivity index (χ3v) is 10.1. The zero-order valence-electron chi connectivity index (χ0n) is 21.6. The van der Waals surface area contributed by atoms with Crippen molar-refractivity contribution >= 4 is 52.5 Å². The summed E-state index contributed by atoms with van der Waals surface area (Å²) in [6, 6.07) is 5.80. The van der Waals surface area contributed by atoms with Crippen molar-refractivity contribution in [1.29, 1.82) is 0 Å². The summed E-state index contributed by atoms with van der Waals surface area (Å²) < 4.78 is 77.6. The number of carbonyl (C=O) groups is 4. The van der Waals surface area contributed by atoms with E-state index < -0.39 is 98.2 Å². The van der Waals surface area contributed by atoms with Crippen LogP contribution in [-0.4, -0.2) is 51.7 Å². The summed E-state index contributed by atoms with van der Waals surface area (Å²) in [5.74, 6) is -20.4. The van der Waals surface area contributed by atoms with Crippen molar-refractivity contribution in [3.05, 3.63) is 70.6 Å². The number of ether oxygens (including phenoxy) is 1. The van der Waals surface area contributed by atoms with Crippen molar-refractivity contribution in [2.45, 2.75) is 28.5 Å². The molecule has 2 N–H and O–H groups in total. The molecule has 2 aromatic carbocycles. The first-order valence-corrected chi connectivity index (χ1v) is 13.7. The van der Waals surface area contributed by atoms with E-state index in [2.05, 4.69) is 5.32 Å². The number of nitrogens with one attached hydrogen (secondary N) is 1. The van der Waals surface area contributed by atoms with Crippen molar-refractivity contribution in [2.75, 3.05) is 18.1 Å². The SMILES string of the molecule is O=C1NC(=O)C2C1CC=C1C2CC2(Cl)C(=O)N(c3c(F)c(F)c(F)c(F)c3F)C(=O)C2(Cl)C1c1ccc(OCCO)cc1. The zero-order chi connectivity index (χ0) is 31.2. The summed E-state index contributed by atoms with van der Waals surface area (Å²) >= 11 is 14.0. The standard InChI is InChI=1S/C28H19Cl2F5N2O6/c29-27-9-14-12(5-6-13-15(14)24(40)36-23(13)39)16(10-1-3-11(4-2-10)43-8-7-38)28(27,30)26(42)37(25(27)41)22-20(34)18(32)17(31)19(33)21(22)35/h1-5,13-16,38H,6-9H2,(H,36,39,40). The van der Waals surface area contributed by atoms with E-state index in [4.69, 9.17) is 33.0 Å². The van der Waals surface area contributed by atoms with Crippen LogP contribution in [0, 0.1) is 46.8 Å². The number of carbonyl (C=O) groups excluding carboxylic acids is 4. The first kappa shape index (κ1) is 29.5. The quantitative estimate of drug-likeness (QED) is 0.128. The van der Waals surface area contributed by atoms with Gasteiger partial charge in [-0.15, -0.1) is 23.2 Å². The number of hydrogen-bond acceptors (Lipinski definition) is 6. The summed E-state index contributed by atoms with van der Waals surface area (Å²) in [5.41, 5.74) is -1.27. The van der Waals surface area contributed by atoms with Gasteiger partial charge in [0.25, 0.3) is 11.8 Å². The Kier molecular flexibility index (Phi) is 6.86. The Morgan fingerprint density at radius 1 is 0.884 bits per heavy atom. The first-order valence-electron chi connectivity index (χ1n) is 13.0. The van der Waals surface area contributed by atoms with E-state index in [1.54, 1.807) is 6.08 Å². The molecule has 2 aromatic rings. The molecule has 2 saturated heterocycles. The lowest BCUT2D eigenvalue weighted by molar-refractivity contribution is -0.127. The number of amides is 4. The van der Waals surface area contributed by atoms with E-state index >= 15 is 0 Å². The van der Waals surface area contributed by atoms with Crippen LogP contribution < -0.4 is 15.0 Å². The fraction of sp³-hybridized carbons (Fsp3) is 0.357. The van der Waals surface area contributed by atoms with Gasteiger partial charge in [0.2, 0.25) is 17.6 Å². The van der Waals surface area contributed by atoms with Crippen molar-refractivity contribution < 1.29 is 51.0 Å². The number of fused-ring (bicyclic) bond motifs is 4. The number of rotatable bonds is 5. The smallest absolute Gasteiger partial charge is 0.258 e. The summed E-state index contributed by atoms with van der Waals surface area (Å²) in [7, 11) is 0. The molecule has 2 aliphatic heterocycles. The largest absolute Gasteiger partial charge is 0.491 e. The molecule has 3 fully saturated rings. The van der Waals surface area contributed by atoms with Crippen LogP contribution in [-0.2, 0) is 19.2 Å². The predicted octanol–water partition coefficient (Wildman–Crippen LogP) is 3.60. The molecule has 2 aliphatic carbocycles. The van der Waals surface area contributed by atoms with Gasteiger partial charge < -0.3 is 9.84 Å². The third-order valence-electron chi connectivity index (χ3n) is 8.64. The number of allylic oxidation sites excluding steroid dienone is 2. The average molecular weight is 645 g/mol. The van der Waals surface area contributed by atoms with Crippen molar-refractivity contribution in [1.82, 2.24) is 5.32 Å². The molecule has 0 radical (unpaired) electrons. The fourth-order valence-corrected chi connectivity index (χ4v) is 7.71. The van der Waals surface area contributed by atoms with Gasteiger partial charge in [0, 0.05) is 5.92 Å². The molecule has 43 heavy (non-hydrogen) atoms. The second-order valence-corrected chi connectivity index (χ2v) is 11.9. The van der Waals surface area contributed by atoms with Crippen LogP contribution in [0.25, 0.3) is 0 Å².